The van der Waals surface area contributed by atoms with Gasteiger partial charge in [-0.2, -0.15) is 0 Å². The maximum atomic E-state index is 11.7. The van der Waals surface area contributed by atoms with Crippen molar-refractivity contribution in [2.75, 3.05) is 11.1 Å². The van der Waals surface area contributed by atoms with Crippen molar-refractivity contribution in [1.29, 1.82) is 0 Å². The van der Waals surface area contributed by atoms with Crippen LogP contribution in [0.25, 0.3) is 0 Å². The minimum absolute atomic E-state index is 0.154. The van der Waals surface area contributed by atoms with Crippen LogP contribution in [0.3, 0.4) is 0 Å². The maximum Gasteiger partial charge on any atom is 0.320 e. The Morgan fingerprint density at radius 3 is 2.56 bits per heavy atom. The SMILES string of the molecule is Nc1cccc2c1NC(=O)NC2c1ccccc1. The minimum Gasteiger partial charge on any atom is -0.397 e. The van der Waals surface area contributed by atoms with Gasteiger partial charge in [0.05, 0.1) is 17.4 Å². The number of nitrogen functional groups attached to an aromatic ring is 1. The predicted molar refractivity (Wildman–Crippen MR) is 71.3 cm³/mol. The van der Waals surface area contributed by atoms with E-state index in [1.54, 1.807) is 6.07 Å². The molecular formula is C14H13N3O. The first-order valence-corrected chi connectivity index (χ1v) is 5.76. The number of fused-ring (bicyclic) bond motifs is 1. The molecule has 0 aliphatic carbocycles. The van der Waals surface area contributed by atoms with E-state index in [0.29, 0.717) is 11.4 Å². The molecule has 90 valence electrons. The number of anilines is 2. The van der Waals surface area contributed by atoms with Gasteiger partial charge in [-0.1, -0.05) is 42.5 Å². The molecule has 18 heavy (non-hydrogen) atoms. The number of carbonyl (C=O) groups is 1. The van der Waals surface area contributed by atoms with Crippen molar-refractivity contribution in [2.24, 2.45) is 0 Å². The van der Waals surface area contributed by atoms with Gasteiger partial charge in [0, 0.05) is 5.56 Å². The summed E-state index contributed by atoms with van der Waals surface area (Å²) in [5.41, 5.74) is 9.22. The molecule has 0 saturated heterocycles. The molecule has 3 rings (SSSR count). The van der Waals surface area contributed by atoms with Crippen molar-refractivity contribution in [3.63, 3.8) is 0 Å². The number of rotatable bonds is 1. The van der Waals surface area contributed by atoms with Gasteiger partial charge < -0.3 is 16.4 Å². The van der Waals surface area contributed by atoms with Crippen LogP contribution in [-0.2, 0) is 0 Å². The smallest absolute Gasteiger partial charge is 0.320 e. The number of amides is 2. The van der Waals surface area contributed by atoms with Gasteiger partial charge in [-0.15, -0.1) is 0 Å². The number of carbonyl (C=O) groups excluding carboxylic acids is 1. The second-order valence-electron chi connectivity index (χ2n) is 4.25. The molecule has 0 radical (unpaired) electrons. The van der Waals surface area contributed by atoms with Crippen molar-refractivity contribution in [2.45, 2.75) is 6.04 Å². The Labute approximate surface area is 105 Å². The van der Waals surface area contributed by atoms with Gasteiger partial charge in [-0.05, 0) is 11.6 Å². The molecule has 2 aromatic rings. The van der Waals surface area contributed by atoms with Gasteiger partial charge in [0.2, 0.25) is 0 Å². The van der Waals surface area contributed by atoms with Crippen molar-refractivity contribution in [1.82, 2.24) is 5.32 Å². The van der Waals surface area contributed by atoms with Crippen LogP contribution in [-0.4, -0.2) is 6.03 Å². The Bertz CT molecular complexity index is 595. The summed E-state index contributed by atoms with van der Waals surface area (Å²) in [6, 6.07) is 15.1. The van der Waals surface area contributed by atoms with E-state index in [0.717, 1.165) is 11.1 Å². The number of hydrogen-bond donors (Lipinski definition) is 3. The van der Waals surface area contributed by atoms with E-state index in [4.69, 9.17) is 5.73 Å². The van der Waals surface area contributed by atoms with Gasteiger partial charge >= 0.3 is 6.03 Å². The Kier molecular flexibility index (Phi) is 2.41. The highest BCUT2D eigenvalue weighted by Crippen LogP contribution is 2.34. The van der Waals surface area contributed by atoms with Crippen LogP contribution in [0.4, 0.5) is 16.2 Å². The highest BCUT2D eigenvalue weighted by Gasteiger charge is 2.26. The van der Waals surface area contributed by atoms with E-state index in [-0.39, 0.29) is 12.1 Å². The van der Waals surface area contributed by atoms with E-state index < -0.39 is 0 Å². The second kappa shape index (κ2) is 4.07. The maximum absolute atomic E-state index is 11.7. The highest BCUT2D eigenvalue weighted by atomic mass is 16.2. The van der Waals surface area contributed by atoms with Gasteiger partial charge in [0.1, 0.15) is 0 Å². The molecule has 0 fully saturated rings. The van der Waals surface area contributed by atoms with E-state index in [1.165, 1.54) is 0 Å². The molecule has 0 saturated carbocycles. The zero-order valence-electron chi connectivity index (χ0n) is 9.68. The Hall–Kier alpha value is -2.49. The summed E-state index contributed by atoms with van der Waals surface area (Å²) in [6.07, 6.45) is 0. The van der Waals surface area contributed by atoms with Crippen molar-refractivity contribution in [3.8, 4) is 0 Å². The third-order valence-corrected chi connectivity index (χ3v) is 3.09. The molecule has 0 spiro atoms. The average Bonchev–Trinajstić information content (AvgIpc) is 2.40. The third-order valence-electron chi connectivity index (χ3n) is 3.09. The fraction of sp³-hybridized carbons (Fsp3) is 0.0714. The minimum atomic E-state index is -0.228. The Balaban J connectivity index is 2.14. The number of nitrogens with two attached hydrogens (primary N) is 1. The van der Waals surface area contributed by atoms with Crippen LogP contribution in [0.2, 0.25) is 0 Å². The summed E-state index contributed by atoms with van der Waals surface area (Å²) in [7, 11) is 0. The van der Waals surface area contributed by atoms with Gasteiger partial charge in [0.25, 0.3) is 0 Å². The zero-order valence-corrected chi connectivity index (χ0v) is 9.68. The summed E-state index contributed by atoms with van der Waals surface area (Å²) in [5, 5.41) is 5.66. The number of benzene rings is 2. The topological polar surface area (TPSA) is 67.1 Å². The quantitative estimate of drug-likeness (QED) is 0.669. The number of urea groups is 1. The summed E-state index contributed by atoms with van der Waals surface area (Å²) in [5.74, 6) is 0. The van der Waals surface area contributed by atoms with E-state index in [1.807, 2.05) is 42.5 Å². The molecule has 4 N–H and O–H groups in total. The van der Waals surface area contributed by atoms with E-state index in [9.17, 15) is 4.79 Å². The third kappa shape index (κ3) is 1.68. The summed E-state index contributed by atoms with van der Waals surface area (Å²) < 4.78 is 0. The van der Waals surface area contributed by atoms with Crippen molar-refractivity contribution in [3.05, 3.63) is 59.7 Å². The second-order valence-corrected chi connectivity index (χ2v) is 4.25. The molecule has 1 aliphatic heterocycles. The lowest BCUT2D eigenvalue weighted by Crippen LogP contribution is -2.38. The fourth-order valence-corrected chi connectivity index (χ4v) is 2.24. The lowest BCUT2D eigenvalue weighted by Gasteiger charge is -2.28. The monoisotopic (exact) mass is 239 g/mol. The molecule has 2 aromatic carbocycles. The normalized spacial score (nSPS) is 17.6. The molecule has 1 unspecified atom stereocenters. The van der Waals surface area contributed by atoms with Crippen LogP contribution in [0.15, 0.2) is 48.5 Å². The molecule has 1 atom stereocenters. The van der Waals surface area contributed by atoms with E-state index >= 15 is 0 Å². The van der Waals surface area contributed by atoms with Crippen LogP contribution < -0.4 is 16.4 Å². The van der Waals surface area contributed by atoms with Gasteiger partial charge in [0.15, 0.2) is 0 Å². The molecule has 0 aromatic heterocycles. The number of para-hydroxylation sites is 1. The van der Waals surface area contributed by atoms with Crippen molar-refractivity contribution < 1.29 is 4.79 Å². The first-order chi connectivity index (χ1) is 8.75. The zero-order chi connectivity index (χ0) is 12.5. The van der Waals surface area contributed by atoms with E-state index in [2.05, 4.69) is 10.6 Å². The summed E-state index contributed by atoms with van der Waals surface area (Å²) >= 11 is 0. The summed E-state index contributed by atoms with van der Waals surface area (Å²) in [4.78, 5) is 11.7. The standard InChI is InChI=1S/C14H13N3O/c15-11-8-4-7-10-12(9-5-2-1-3-6-9)16-14(18)17-13(10)11/h1-8,12H,15H2,(H2,16,17,18). The average molecular weight is 239 g/mol. The Morgan fingerprint density at radius 2 is 1.78 bits per heavy atom. The molecule has 0 bridgehead atoms. The molecule has 4 heteroatoms. The molecular weight excluding hydrogens is 226 g/mol. The van der Waals surface area contributed by atoms with Crippen molar-refractivity contribution >= 4 is 17.4 Å². The largest absolute Gasteiger partial charge is 0.397 e. The molecule has 4 nitrogen and oxygen atoms in total. The predicted octanol–water partition coefficient (Wildman–Crippen LogP) is 2.49. The molecule has 1 aliphatic rings. The van der Waals surface area contributed by atoms with Crippen LogP contribution >= 0.6 is 0 Å². The molecule has 1 heterocycles. The first kappa shape index (κ1) is 10.7. The summed E-state index contributed by atoms with van der Waals surface area (Å²) in [6.45, 7) is 0. The number of nitrogens with one attached hydrogen (secondary N) is 2. The van der Waals surface area contributed by atoms with Crippen LogP contribution in [0.5, 0.6) is 0 Å². The molecule has 2 amide bonds. The Morgan fingerprint density at radius 1 is 1.00 bits per heavy atom. The highest BCUT2D eigenvalue weighted by molar-refractivity contribution is 5.97. The fourth-order valence-electron chi connectivity index (χ4n) is 2.24. The lowest BCUT2D eigenvalue weighted by molar-refractivity contribution is 0.249. The number of hydrogen-bond acceptors (Lipinski definition) is 2. The first-order valence-electron chi connectivity index (χ1n) is 5.76. The van der Waals surface area contributed by atoms with Gasteiger partial charge in [-0.3, -0.25) is 0 Å². The lowest BCUT2D eigenvalue weighted by atomic mass is 9.95. The van der Waals surface area contributed by atoms with Crippen LogP contribution in [0, 0.1) is 0 Å². The van der Waals surface area contributed by atoms with Crippen LogP contribution in [0.1, 0.15) is 17.2 Å². The van der Waals surface area contributed by atoms with Gasteiger partial charge in [-0.25, -0.2) is 4.79 Å².